The first-order chi connectivity index (χ1) is 9.29. The lowest BCUT2D eigenvalue weighted by molar-refractivity contribution is 0.146. The van der Waals surface area contributed by atoms with Crippen LogP contribution in [0.25, 0.3) is 0 Å². The van der Waals surface area contributed by atoms with Gasteiger partial charge in [-0.15, -0.1) is 0 Å². The maximum atomic E-state index is 5.57. The fourth-order valence-electron chi connectivity index (χ4n) is 1.69. The Labute approximate surface area is 113 Å². The zero-order chi connectivity index (χ0) is 13.5. The van der Waals surface area contributed by atoms with Gasteiger partial charge in [0.15, 0.2) is 0 Å². The lowest BCUT2D eigenvalue weighted by Gasteiger charge is -2.10. The third-order valence-corrected chi connectivity index (χ3v) is 2.78. The number of imidazole rings is 1. The van der Waals surface area contributed by atoms with Crippen molar-refractivity contribution < 1.29 is 9.47 Å². The third kappa shape index (κ3) is 3.99. The first-order valence-electron chi connectivity index (χ1n) is 6.20. The monoisotopic (exact) mass is 261 g/mol. The number of aromatic nitrogens is 2. The van der Waals surface area contributed by atoms with Crippen LogP contribution in [-0.4, -0.2) is 29.9 Å². The number of rotatable bonds is 7. The highest BCUT2D eigenvalue weighted by Gasteiger charge is 2.00. The number of nitrogens with zero attached hydrogens (tertiary/aromatic N) is 2. The van der Waals surface area contributed by atoms with Crippen LogP contribution < -0.4 is 10.1 Å². The molecule has 0 saturated heterocycles. The van der Waals surface area contributed by atoms with Crippen LogP contribution >= 0.6 is 0 Å². The van der Waals surface area contributed by atoms with Crippen LogP contribution in [0.15, 0.2) is 36.8 Å². The molecule has 0 radical (unpaired) electrons. The summed E-state index contributed by atoms with van der Waals surface area (Å²) in [6.45, 7) is 1.88. The van der Waals surface area contributed by atoms with E-state index in [0.717, 1.165) is 23.7 Å². The van der Waals surface area contributed by atoms with Gasteiger partial charge in [0.05, 0.1) is 25.2 Å². The van der Waals surface area contributed by atoms with Gasteiger partial charge in [0.1, 0.15) is 12.4 Å². The predicted octanol–water partition coefficient (Wildman–Crippen LogP) is 2.06. The standard InChI is InChI=1S/C14H19N3O2/c1-17-11-15-9-13(17)10-16-12-4-3-5-14(8-12)19-7-6-18-2/h3-5,8-9,11,16H,6-7,10H2,1-2H3. The second kappa shape index (κ2) is 6.80. The van der Waals surface area contributed by atoms with Crippen molar-refractivity contribution >= 4 is 5.69 Å². The first-order valence-corrected chi connectivity index (χ1v) is 6.20. The number of methoxy groups -OCH3 is 1. The van der Waals surface area contributed by atoms with Gasteiger partial charge in [0.25, 0.3) is 0 Å². The molecule has 1 aromatic heterocycles. The van der Waals surface area contributed by atoms with Crippen LogP contribution in [0.5, 0.6) is 5.75 Å². The highest BCUT2D eigenvalue weighted by atomic mass is 16.5. The maximum absolute atomic E-state index is 5.57. The van der Waals surface area contributed by atoms with Crippen molar-refractivity contribution in [2.45, 2.75) is 6.54 Å². The molecule has 0 aliphatic carbocycles. The van der Waals surface area contributed by atoms with E-state index in [1.807, 2.05) is 42.1 Å². The summed E-state index contributed by atoms with van der Waals surface area (Å²) in [4.78, 5) is 4.09. The third-order valence-electron chi connectivity index (χ3n) is 2.78. The van der Waals surface area contributed by atoms with E-state index < -0.39 is 0 Å². The van der Waals surface area contributed by atoms with Crippen LogP contribution in [0.2, 0.25) is 0 Å². The maximum Gasteiger partial charge on any atom is 0.121 e. The molecule has 19 heavy (non-hydrogen) atoms. The van der Waals surface area contributed by atoms with Crippen LogP contribution in [0.4, 0.5) is 5.69 Å². The second-order valence-electron chi connectivity index (χ2n) is 4.22. The smallest absolute Gasteiger partial charge is 0.121 e. The molecule has 0 aliphatic heterocycles. The number of anilines is 1. The normalized spacial score (nSPS) is 10.4. The molecule has 0 atom stereocenters. The Morgan fingerprint density at radius 3 is 2.95 bits per heavy atom. The fraction of sp³-hybridized carbons (Fsp3) is 0.357. The lowest BCUT2D eigenvalue weighted by Crippen LogP contribution is -2.06. The first kappa shape index (κ1) is 13.4. The lowest BCUT2D eigenvalue weighted by atomic mass is 10.3. The molecule has 0 saturated carbocycles. The Bertz CT molecular complexity index is 511. The van der Waals surface area contributed by atoms with Crippen molar-refractivity contribution in [3.05, 3.63) is 42.5 Å². The van der Waals surface area contributed by atoms with E-state index in [1.54, 1.807) is 13.4 Å². The minimum atomic E-state index is 0.557. The van der Waals surface area contributed by atoms with E-state index in [0.29, 0.717) is 13.2 Å². The van der Waals surface area contributed by atoms with E-state index in [9.17, 15) is 0 Å². The molecule has 102 valence electrons. The second-order valence-corrected chi connectivity index (χ2v) is 4.22. The summed E-state index contributed by atoms with van der Waals surface area (Å²) < 4.78 is 12.5. The summed E-state index contributed by atoms with van der Waals surface area (Å²) in [5, 5.41) is 3.35. The van der Waals surface area contributed by atoms with Gasteiger partial charge >= 0.3 is 0 Å². The Hall–Kier alpha value is -2.01. The molecule has 0 spiro atoms. The van der Waals surface area contributed by atoms with Gasteiger partial charge in [-0.1, -0.05) is 6.07 Å². The molecule has 2 rings (SSSR count). The summed E-state index contributed by atoms with van der Waals surface area (Å²) in [6, 6.07) is 7.89. The molecule has 1 aromatic carbocycles. The van der Waals surface area contributed by atoms with Gasteiger partial charge in [-0.3, -0.25) is 0 Å². The van der Waals surface area contributed by atoms with Crippen molar-refractivity contribution in [2.75, 3.05) is 25.6 Å². The summed E-state index contributed by atoms with van der Waals surface area (Å²) in [5.41, 5.74) is 2.15. The van der Waals surface area contributed by atoms with Gasteiger partial charge in [-0.25, -0.2) is 4.98 Å². The molecule has 0 fully saturated rings. The van der Waals surface area contributed by atoms with E-state index in [4.69, 9.17) is 9.47 Å². The van der Waals surface area contributed by atoms with Crippen LogP contribution in [0, 0.1) is 0 Å². The van der Waals surface area contributed by atoms with Crippen LogP contribution in [0.3, 0.4) is 0 Å². The van der Waals surface area contributed by atoms with Gasteiger partial charge in [0.2, 0.25) is 0 Å². The number of hydrogen-bond acceptors (Lipinski definition) is 4. The minimum Gasteiger partial charge on any atom is -0.491 e. The molecule has 5 nitrogen and oxygen atoms in total. The largest absolute Gasteiger partial charge is 0.491 e. The van der Waals surface area contributed by atoms with E-state index in [-0.39, 0.29) is 0 Å². The number of aryl methyl sites for hydroxylation is 1. The molecule has 1 N–H and O–H groups in total. The Morgan fingerprint density at radius 2 is 2.21 bits per heavy atom. The fourth-order valence-corrected chi connectivity index (χ4v) is 1.69. The number of ether oxygens (including phenoxy) is 2. The van der Waals surface area contributed by atoms with E-state index in [2.05, 4.69) is 10.3 Å². The molecular weight excluding hydrogens is 242 g/mol. The summed E-state index contributed by atoms with van der Waals surface area (Å²) in [7, 11) is 3.64. The minimum absolute atomic E-state index is 0.557. The van der Waals surface area contributed by atoms with Crippen LogP contribution in [0.1, 0.15) is 5.69 Å². The number of benzene rings is 1. The molecule has 0 unspecified atom stereocenters. The molecular formula is C14H19N3O2. The number of hydrogen-bond donors (Lipinski definition) is 1. The zero-order valence-corrected chi connectivity index (χ0v) is 11.3. The molecule has 0 aliphatic rings. The summed E-state index contributed by atoms with van der Waals surface area (Å²) >= 11 is 0. The average Bonchev–Trinajstić information content (AvgIpc) is 2.83. The van der Waals surface area contributed by atoms with Gasteiger partial charge in [-0.05, 0) is 12.1 Å². The summed E-state index contributed by atoms with van der Waals surface area (Å²) in [5.74, 6) is 0.840. The predicted molar refractivity (Wildman–Crippen MR) is 74.3 cm³/mol. The van der Waals surface area contributed by atoms with E-state index in [1.165, 1.54) is 0 Å². The molecule has 0 amide bonds. The van der Waals surface area contributed by atoms with E-state index >= 15 is 0 Å². The topological polar surface area (TPSA) is 48.3 Å². The van der Waals surface area contributed by atoms with Crippen molar-refractivity contribution in [2.24, 2.45) is 7.05 Å². The Balaban J connectivity index is 1.90. The molecule has 5 heteroatoms. The number of nitrogens with one attached hydrogen (secondary N) is 1. The van der Waals surface area contributed by atoms with Gasteiger partial charge < -0.3 is 19.4 Å². The molecule has 0 bridgehead atoms. The molecule has 1 heterocycles. The Morgan fingerprint density at radius 1 is 1.32 bits per heavy atom. The van der Waals surface area contributed by atoms with Gasteiger partial charge in [0, 0.05) is 32.1 Å². The van der Waals surface area contributed by atoms with Crippen LogP contribution in [-0.2, 0) is 18.3 Å². The highest BCUT2D eigenvalue weighted by Crippen LogP contribution is 2.17. The SMILES string of the molecule is COCCOc1cccc(NCc2cncn2C)c1. The van der Waals surface area contributed by atoms with Gasteiger partial charge in [-0.2, -0.15) is 0 Å². The average molecular weight is 261 g/mol. The van der Waals surface area contributed by atoms with Crippen molar-refractivity contribution in [1.29, 1.82) is 0 Å². The van der Waals surface area contributed by atoms with Crippen molar-refractivity contribution in [3.63, 3.8) is 0 Å². The van der Waals surface area contributed by atoms with Crippen molar-refractivity contribution in [3.8, 4) is 5.75 Å². The Kier molecular flexibility index (Phi) is 4.80. The summed E-state index contributed by atoms with van der Waals surface area (Å²) in [6.07, 6.45) is 3.65. The highest BCUT2D eigenvalue weighted by molar-refractivity contribution is 5.48. The molecule has 2 aromatic rings. The quantitative estimate of drug-likeness (QED) is 0.775. The zero-order valence-electron chi connectivity index (χ0n) is 11.3. The van der Waals surface area contributed by atoms with Crippen molar-refractivity contribution in [1.82, 2.24) is 9.55 Å².